The molecule has 25 heavy (non-hydrogen) atoms. The first-order chi connectivity index (χ1) is 11.1. The van der Waals surface area contributed by atoms with E-state index in [9.17, 15) is 4.79 Å². The summed E-state index contributed by atoms with van der Waals surface area (Å²) in [6.45, 7) is 4.62. The van der Waals surface area contributed by atoms with E-state index >= 15 is 0 Å². The number of aromatic nitrogens is 3. The molecule has 2 aromatic rings. The molecule has 0 unspecified atom stereocenters. The van der Waals surface area contributed by atoms with E-state index in [1.165, 1.54) is 11.3 Å². The quantitative estimate of drug-likeness (QED) is 0.848. The van der Waals surface area contributed by atoms with Crippen LogP contribution in [0.25, 0.3) is 10.6 Å². The van der Waals surface area contributed by atoms with Gasteiger partial charge in [0.2, 0.25) is 0 Å². The zero-order valence-corrected chi connectivity index (χ0v) is 17.1. The summed E-state index contributed by atoms with van der Waals surface area (Å²) < 4.78 is 1.75. The first kappa shape index (κ1) is 21.9. The van der Waals surface area contributed by atoms with Crippen LogP contribution in [0.4, 0.5) is 0 Å². The molecule has 1 aliphatic heterocycles. The van der Waals surface area contributed by atoms with Gasteiger partial charge in [-0.1, -0.05) is 0 Å². The van der Waals surface area contributed by atoms with Crippen molar-refractivity contribution in [3.05, 3.63) is 23.0 Å². The summed E-state index contributed by atoms with van der Waals surface area (Å²) >= 11 is 1.47. The number of piperidine rings is 1. The SMILES string of the molecule is CNCC1CCN(C(=O)c2sc(-c3cnn(C)c3)nc2C)CC1.Cl.Cl. The smallest absolute Gasteiger partial charge is 0.265 e. The lowest BCUT2D eigenvalue weighted by molar-refractivity contribution is 0.0695. The number of likely N-dealkylation sites (tertiary alicyclic amines) is 1. The number of thiazole rings is 1. The van der Waals surface area contributed by atoms with Crippen LogP contribution >= 0.6 is 36.2 Å². The maximum atomic E-state index is 12.8. The topological polar surface area (TPSA) is 63.1 Å². The maximum Gasteiger partial charge on any atom is 0.265 e. The maximum absolute atomic E-state index is 12.8. The predicted molar refractivity (Wildman–Crippen MR) is 106 cm³/mol. The summed E-state index contributed by atoms with van der Waals surface area (Å²) in [6, 6.07) is 0. The van der Waals surface area contributed by atoms with Crippen LogP contribution in [0, 0.1) is 12.8 Å². The Bertz CT molecular complexity index is 695. The van der Waals surface area contributed by atoms with Crippen LogP contribution in [-0.2, 0) is 7.05 Å². The van der Waals surface area contributed by atoms with Gasteiger partial charge in [-0.05, 0) is 39.3 Å². The van der Waals surface area contributed by atoms with Crippen molar-refractivity contribution in [1.82, 2.24) is 25.0 Å². The van der Waals surface area contributed by atoms with Gasteiger partial charge in [-0.25, -0.2) is 4.98 Å². The minimum Gasteiger partial charge on any atom is -0.338 e. The number of rotatable bonds is 4. The molecular formula is C16H25Cl2N5OS. The van der Waals surface area contributed by atoms with Crippen molar-refractivity contribution >= 4 is 42.1 Å². The van der Waals surface area contributed by atoms with E-state index in [1.54, 1.807) is 10.9 Å². The van der Waals surface area contributed by atoms with Gasteiger partial charge in [0.1, 0.15) is 9.88 Å². The number of nitrogens with zero attached hydrogens (tertiary/aromatic N) is 4. The van der Waals surface area contributed by atoms with Gasteiger partial charge in [-0.2, -0.15) is 5.10 Å². The lowest BCUT2D eigenvalue weighted by Gasteiger charge is -2.31. The van der Waals surface area contributed by atoms with Gasteiger partial charge in [-0.3, -0.25) is 9.48 Å². The number of carbonyl (C=O) groups excluding carboxylic acids is 1. The van der Waals surface area contributed by atoms with Gasteiger partial charge in [0.25, 0.3) is 5.91 Å². The molecule has 0 atom stereocenters. The summed E-state index contributed by atoms with van der Waals surface area (Å²) in [5, 5.41) is 8.27. The van der Waals surface area contributed by atoms with E-state index in [1.807, 2.05) is 32.1 Å². The fourth-order valence-electron chi connectivity index (χ4n) is 3.02. The summed E-state index contributed by atoms with van der Waals surface area (Å²) in [5.74, 6) is 0.801. The monoisotopic (exact) mass is 405 g/mol. The van der Waals surface area contributed by atoms with E-state index < -0.39 is 0 Å². The number of halogens is 2. The Morgan fingerprint density at radius 2 is 2.04 bits per heavy atom. The zero-order valence-electron chi connectivity index (χ0n) is 14.7. The molecule has 3 heterocycles. The van der Waals surface area contributed by atoms with Gasteiger partial charge in [0.15, 0.2) is 0 Å². The number of carbonyl (C=O) groups is 1. The second kappa shape index (κ2) is 9.52. The number of nitrogens with one attached hydrogen (secondary N) is 1. The Hall–Kier alpha value is -1.15. The van der Waals surface area contributed by atoms with Crippen LogP contribution in [0.5, 0.6) is 0 Å². The summed E-state index contributed by atoms with van der Waals surface area (Å²) in [4.78, 5) is 20.1. The molecule has 1 aliphatic rings. The molecule has 0 spiro atoms. The molecule has 0 bridgehead atoms. The van der Waals surface area contributed by atoms with Crippen molar-refractivity contribution in [3.8, 4) is 10.6 Å². The Balaban J connectivity index is 0.00000156. The Morgan fingerprint density at radius 1 is 1.36 bits per heavy atom. The minimum atomic E-state index is 0. The molecule has 0 aliphatic carbocycles. The normalized spacial score (nSPS) is 14.8. The largest absolute Gasteiger partial charge is 0.338 e. The molecule has 1 amide bonds. The molecule has 1 N–H and O–H groups in total. The first-order valence-corrected chi connectivity index (χ1v) is 8.80. The van der Waals surface area contributed by atoms with Gasteiger partial charge < -0.3 is 10.2 Å². The van der Waals surface area contributed by atoms with Gasteiger partial charge in [0, 0.05) is 31.9 Å². The molecule has 0 saturated carbocycles. The molecule has 140 valence electrons. The van der Waals surface area contributed by atoms with Crippen molar-refractivity contribution < 1.29 is 4.79 Å². The zero-order chi connectivity index (χ0) is 16.4. The Morgan fingerprint density at radius 3 is 2.60 bits per heavy atom. The highest BCUT2D eigenvalue weighted by Gasteiger charge is 2.26. The fourth-order valence-corrected chi connectivity index (χ4v) is 4.03. The first-order valence-electron chi connectivity index (χ1n) is 7.98. The van der Waals surface area contributed by atoms with Crippen LogP contribution in [-0.4, -0.2) is 52.3 Å². The number of amides is 1. The summed E-state index contributed by atoms with van der Waals surface area (Å²) in [7, 11) is 3.86. The summed E-state index contributed by atoms with van der Waals surface area (Å²) in [5.41, 5.74) is 1.78. The third-order valence-corrected chi connectivity index (χ3v) is 5.53. The number of hydrogen-bond donors (Lipinski definition) is 1. The lowest BCUT2D eigenvalue weighted by Crippen LogP contribution is -2.40. The van der Waals surface area contributed by atoms with E-state index in [-0.39, 0.29) is 30.7 Å². The van der Waals surface area contributed by atoms with Crippen LogP contribution in [0.1, 0.15) is 28.2 Å². The molecule has 1 saturated heterocycles. The van der Waals surface area contributed by atoms with Crippen molar-refractivity contribution in [2.45, 2.75) is 19.8 Å². The minimum absolute atomic E-state index is 0. The molecule has 6 nitrogen and oxygen atoms in total. The van der Waals surface area contributed by atoms with Crippen molar-refractivity contribution in [3.63, 3.8) is 0 Å². The highest BCUT2D eigenvalue weighted by atomic mass is 35.5. The molecule has 1 fully saturated rings. The Kier molecular flexibility index (Phi) is 8.34. The fraction of sp³-hybridized carbons (Fsp3) is 0.562. The molecule has 2 aromatic heterocycles. The third-order valence-electron chi connectivity index (χ3n) is 4.34. The summed E-state index contributed by atoms with van der Waals surface area (Å²) in [6.07, 6.45) is 5.85. The molecule has 9 heteroatoms. The highest BCUT2D eigenvalue weighted by Crippen LogP contribution is 2.29. The lowest BCUT2D eigenvalue weighted by atomic mass is 9.97. The van der Waals surface area contributed by atoms with Gasteiger partial charge >= 0.3 is 0 Å². The predicted octanol–water partition coefficient (Wildman–Crippen LogP) is 2.77. The van der Waals surface area contributed by atoms with Gasteiger partial charge in [0.05, 0.1) is 11.9 Å². The van der Waals surface area contributed by atoms with E-state index in [2.05, 4.69) is 15.4 Å². The van der Waals surface area contributed by atoms with Crippen LogP contribution in [0.15, 0.2) is 12.4 Å². The average molecular weight is 406 g/mol. The van der Waals surface area contributed by atoms with Crippen LogP contribution in [0.3, 0.4) is 0 Å². The molecule has 3 rings (SSSR count). The molecule has 0 aromatic carbocycles. The van der Waals surface area contributed by atoms with Crippen molar-refractivity contribution in [2.24, 2.45) is 13.0 Å². The second-order valence-corrected chi connectivity index (χ2v) is 7.13. The van der Waals surface area contributed by atoms with E-state index in [0.717, 1.165) is 53.6 Å². The van der Waals surface area contributed by atoms with Crippen LogP contribution < -0.4 is 5.32 Å². The standard InChI is InChI=1S/C16H23N5OS.2ClH/c1-11-14(23-15(19-11)13-9-18-20(3)10-13)16(22)21-6-4-12(5-7-21)8-17-2;;/h9-10,12,17H,4-8H2,1-3H3;2*1H. The Labute approximate surface area is 164 Å². The van der Waals surface area contributed by atoms with Crippen LogP contribution in [0.2, 0.25) is 0 Å². The van der Waals surface area contributed by atoms with Crippen molar-refractivity contribution in [1.29, 1.82) is 0 Å². The molecule has 0 radical (unpaired) electrons. The van der Waals surface area contributed by atoms with E-state index in [0.29, 0.717) is 5.92 Å². The van der Waals surface area contributed by atoms with Gasteiger partial charge in [-0.15, -0.1) is 36.2 Å². The number of hydrogen-bond acceptors (Lipinski definition) is 5. The third kappa shape index (κ3) is 4.94. The van der Waals surface area contributed by atoms with E-state index in [4.69, 9.17) is 0 Å². The highest BCUT2D eigenvalue weighted by molar-refractivity contribution is 7.17. The average Bonchev–Trinajstić information content (AvgIpc) is 3.14. The second-order valence-electron chi connectivity index (χ2n) is 6.13. The number of aryl methyl sites for hydroxylation is 2. The molecular weight excluding hydrogens is 381 g/mol. The van der Waals surface area contributed by atoms with Crippen molar-refractivity contribution in [2.75, 3.05) is 26.7 Å².